The highest BCUT2D eigenvalue weighted by atomic mass is 19.3. The molecule has 1 aromatic carbocycles. The average Bonchev–Trinajstić information content (AvgIpc) is 2.38. The molecule has 0 atom stereocenters. The Kier molecular flexibility index (Phi) is 3.59. The minimum absolute atomic E-state index is 0.109. The van der Waals surface area contributed by atoms with Crippen LogP contribution in [0.1, 0.15) is 12.5 Å². The van der Waals surface area contributed by atoms with Crippen LogP contribution in [-0.4, -0.2) is 17.0 Å². The molecule has 1 N–H and O–H groups in total. The summed E-state index contributed by atoms with van der Waals surface area (Å²) >= 11 is 0. The number of ether oxygens (including phenoxy) is 1. The topological polar surface area (TPSA) is 47.0 Å². The minimum Gasteiger partial charge on any atom is -0.437 e. The van der Waals surface area contributed by atoms with Crippen LogP contribution >= 0.6 is 0 Å². The molecule has 0 saturated carbocycles. The van der Waals surface area contributed by atoms with Crippen molar-refractivity contribution in [1.29, 1.82) is 0 Å². The van der Waals surface area contributed by atoms with Gasteiger partial charge in [0, 0.05) is 19.5 Å². The molecule has 4 nitrogen and oxygen atoms in total. The van der Waals surface area contributed by atoms with Gasteiger partial charge in [-0.2, -0.15) is 4.98 Å². The maximum atomic E-state index is 13.2. The number of alkyl halides is 2. The smallest absolute Gasteiger partial charge is 0.270 e. The molecule has 1 heterocycles. The number of rotatable bonds is 4. The first-order valence-corrected chi connectivity index (χ1v) is 5.65. The van der Waals surface area contributed by atoms with Crippen LogP contribution in [0.4, 0.5) is 14.6 Å². The minimum atomic E-state index is -2.90. The van der Waals surface area contributed by atoms with Crippen LogP contribution in [0.25, 0.3) is 0 Å². The van der Waals surface area contributed by atoms with Gasteiger partial charge in [0.1, 0.15) is 11.6 Å². The summed E-state index contributed by atoms with van der Waals surface area (Å²) in [6.07, 6.45) is 2.95. The first-order chi connectivity index (χ1) is 8.99. The van der Waals surface area contributed by atoms with Crippen molar-refractivity contribution >= 4 is 5.82 Å². The molecule has 0 amide bonds. The summed E-state index contributed by atoms with van der Waals surface area (Å²) in [5, 5.41) is 2.82. The molecular weight excluding hydrogens is 252 g/mol. The van der Waals surface area contributed by atoms with Crippen molar-refractivity contribution in [3.63, 3.8) is 0 Å². The number of nitrogens with one attached hydrogen (secondary N) is 1. The molecule has 0 unspecified atom stereocenters. The summed E-state index contributed by atoms with van der Waals surface area (Å²) in [5.74, 6) is -1.84. The van der Waals surface area contributed by atoms with Gasteiger partial charge in [-0.15, -0.1) is 0 Å². The zero-order valence-electron chi connectivity index (χ0n) is 10.5. The van der Waals surface area contributed by atoms with Gasteiger partial charge in [0.15, 0.2) is 0 Å². The van der Waals surface area contributed by atoms with Gasteiger partial charge in [-0.1, -0.05) is 12.1 Å². The van der Waals surface area contributed by atoms with Crippen molar-refractivity contribution in [2.24, 2.45) is 0 Å². The Morgan fingerprint density at radius 3 is 2.74 bits per heavy atom. The molecule has 0 spiro atoms. The number of anilines is 1. The monoisotopic (exact) mass is 265 g/mol. The Morgan fingerprint density at radius 2 is 2.05 bits per heavy atom. The fourth-order valence-corrected chi connectivity index (χ4v) is 1.47. The Bertz CT molecular complexity index is 570. The van der Waals surface area contributed by atoms with E-state index >= 15 is 0 Å². The van der Waals surface area contributed by atoms with E-state index < -0.39 is 5.92 Å². The van der Waals surface area contributed by atoms with Crippen molar-refractivity contribution in [1.82, 2.24) is 9.97 Å². The second kappa shape index (κ2) is 5.17. The van der Waals surface area contributed by atoms with Gasteiger partial charge < -0.3 is 10.1 Å². The molecule has 1 aromatic heterocycles. The largest absolute Gasteiger partial charge is 0.437 e. The summed E-state index contributed by atoms with van der Waals surface area (Å²) < 4.78 is 31.8. The van der Waals surface area contributed by atoms with Crippen molar-refractivity contribution in [2.75, 3.05) is 12.4 Å². The average molecular weight is 265 g/mol. The van der Waals surface area contributed by atoms with E-state index in [1.807, 2.05) is 0 Å². The first-order valence-electron chi connectivity index (χ1n) is 5.65. The molecule has 19 heavy (non-hydrogen) atoms. The fourth-order valence-electron chi connectivity index (χ4n) is 1.47. The number of halogens is 2. The SMILES string of the molecule is CNc1cncc(Oc2cccc(C(C)(F)F)c2)n1. The lowest BCUT2D eigenvalue weighted by Gasteiger charge is -2.12. The van der Waals surface area contributed by atoms with Crippen molar-refractivity contribution < 1.29 is 13.5 Å². The van der Waals surface area contributed by atoms with Gasteiger partial charge in [-0.05, 0) is 12.1 Å². The molecule has 0 bridgehead atoms. The Labute approximate surface area is 109 Å². The molecule has 6 heteroatoms. The highest BCUT2D eigenvalue weighted by molar-refractivity contribution is 5.36. The molecule has 0 aliphatic heterocycles. The summed E-state index contributed by atoms with van der Waals surface area (Å²) in [4.78, 5) is 8.02. The highest BCUT2D eigenvalue weighted by Crippen LogP contribution is 2.30. The Balaban J connectivity index is 2.23. The van der Waals surface area contributed by atoms with Gasteiger partial charge in [-0.3, -0.25) is 4.98 Å². The lowest BCUT2D eigenvalue weighted by Crippen LogP contribution is -2.06. The van der Waals surface area contributed by atoms with E-state index in [0.29, 0.717) is 11.6 Å². The van der Waals surface area contributed by atoms with Gasteiger partial charge in [0.05, 0.1) is 12.4 Å². The molecule has 2 rings (SSSR count). The van der Waals surface area contributed by atoms with E-state index in [9.17, 15) is 8.78 Å². The van der Waals surface area contributed by atoms with Crippen molar-refractivity contribution in [3.05, 3.63) is 42.2 Å². The van der Waals surface area contributed by atoms with Crippen LogP contribution in [0.3, 0.4) is 0 Å². The van der Waals surface area contributed by atoms with E-state index in [2.05, 4.69) is 15.3 Å². The number of nitrogens with zero attached hydrogens (tertiary/aromatic N) is 2. The van der Waals surface area contributed by atoms with Gasteiger partial charge in [0.25, 0.3) is 5.92 Å². The quantitative estimate of drug-likeness (QED) is 0.920. The van der Waals surface area contributed by atoms with Gasteiger partial charge in [-0.25, -0.2) is 8.78 Å². The van der Waals surface area contributed by atoms with Crippen LogP contribution in [-0.2, 0) is 5.92 Å². The third-order valence-electron chi connectivity index (χ3n) is 2.43. The molecule has 0 radical (unpaired) electrons. The molecule has 100 valence electrons. The molecule has 2 aromatic rings. The summed E-state index contributed by atoms with van der Waals surface area (Å²) in [6, 6.07) is 5.73. The van der Waals surface area contributed by atoms with E-state index in [1.165, 1.54) is 30.6 Å². The highest BCUT2D eigenvalue weighted by Gasteiger charge is 2.24. The van der Waals surface area contributed by atoms with Crippen LogP contribution < -0.4 is 10.1 Å². The van der Waals surface area contributed by atoms with Crippen LogP contribution in [0.5, 0.6) is 11.6 Å². The number of aromatic nitrogens is 2. The summed E-state index contributed by atoms with van der Waals surface area (Å²) in [6.45, 7) is 0.841. The van der Waals surface area contributed by atoms with E-state index in [0.717, 1.165) is 6.92 Å². The fraction of sp³-hybridized carbons (Fsp3) is 0.231. The van der Waals surface area contributed by atoms with Gasteiger partial charge in [0.2, 0.25) is 5.88 Å². The third kappa shape index (κ3) is 3.37. The second-order valence-corrected chi connectivity index (χ2v) is 4.01. The zero-order chi connectivity index (χ0) is 13.9. The van der Waals surface area contributed by atoms with Crippen molar-refractivity contribution in [2.45, 2.75) is 12.8 Å². The van der Waals surface area contributed by atoms with E-state index in [-0.39, 0.29) is 11.4 Å². The molecular formula is C13H13F2N3O. The van der Waals surface area contributed by atoms with Crippen LogP contribution in [0.2, 0.25) is 0 Å². The normalized spacial score (nSPS) is 11.2. The Morgan fingerprint density at radius 1 is 1.26 bits per heavy atom. The lowest BCUT2D eigenvalue weighted by atomic mass is 10.1. The molecule has 0 saturated heterocycles. The second-order valence-electron chi connectivity index (χ2n) is 4.01. The molecule has 0 aliphatic rings. The van der Waals surface area contributed by atoms with Crippen molar-refractivity contribution in [3.8, 4) is 11.6 Å². The number of benzene rings is 1. The first kappa shape index (κ1) is 13.2. The maximum Gasteiger partial charge on any atom is 0.270 e. The summed E-state index contributed by atoms with van der Waals surface area (Å²) in [7, 11) is 1.70. The Hall–Kier alpha value is -2.24. The van der Waals surface area contributed by atoms with E-state index in [4.69, 9.17) is 4.74 Å². The standard InChI is InChI=1S/C13H13F2N3O/c1-13(14,15)9-4-3-5-10(6-9)19-12-8-17-7-11(16-2)18-12/h3-8H,1-2H3,(H,16,18). The molecule has 0 fully saturated rings. The summed E-state index contributed by atoms with van der Waals surface area (Å²) in [5.41, 5.74) is -0.109. The lowest BCUT2D eigenvalue weighted by molar-refractivity contribution is 0.0173. The van der Waals surface area contributed by atoms with Crippen LogP contribution in [0, 0.1) is 0 Å². The maximum absolute atomic E-state index is 13.2. The predicted molar refractivity (Wildman–Crippen MR) is 67.7 cm³/mol. The number of hydrogen-bond acceptors (Lipinski definition) is 4. The van der Waals surface area contributed by atoms with E-state index in [1.54, 1.807) is 13.1 Å². The zero-order valence-corrected chi connectivity index (χ0v) is 10.5. The molecule has 0 aliphatic carbocycles. The predicted octanol–water partition coefficient (Wildman–Crippen LogP) is 3.42. The number of hydrogen-bond donors (Lipinski definition) is 1. The van der Waals surface area contributed by atoms with Crippen LogP contribution in [0.15, 0.2) is 36.7 Å². The van der Waals surface area contributed by atoms with Gasteiger partial charge >= 0.3 is 0 Å². The third-order valence-corrected chi connectivity index (χ3v) is 2.43.